The van der Waals surface area contributed by atoms with Crippen LogP contribution in [0, 0.1) is 0 Å². The zero-order valence-corrected chi connectivity index (χ0v) is 13.2. The minimum atomic E-state index is -0.472. The Morgan fingerprint density at radius 1 is 0.958 bits per heavy atom. The summed E-state index contributed by atoms with van der Waals surface area (Å²) in [6, 6.07) is 19.2. The average molecular weight is 318 g/mol. The van der Waals surface area contributed by atoms with Crippen molar-refractivity contribution in [2.24, 2.45) is 0 Å². The summed E-state index contributed by atoms with van der Waals surface area (Å²) in [4.78, 5) is 12.6. The Kier molecular flexibility index (Phi) is 3.69. The predicted octanol–water partition coefficient (Wildman–Crippen LogP) is 4.48. The summed E-state index contributed by atoms with van der Waals surface area (Å²) in [7, 11) is 0. The number of hydrogen-bond donors (Lipinski definition) is 1. The smallest absolute Gasteiger partial charge is 0.347 e. The molecule has 0 bridgehead atoms. The highest BCUT2D eigenvalue weighted by molar-refractivity contribution is 5.71. The highest BCUT2D eigenvalue weighted by atomic mass is 16.4. The van der Waals surface area contributed by atoms with Crippen molar-refractivity contribution in [3.05, 3.63) is 88.0 Å². The normalized spacial score (nSPS) is 16.6. The Balaban J connectivity index is 1.90. The third-order valence-corrected chi connectivity index (χ3v) is 4.73. The third-order valence-electron chi connectivity index (χ3n) is 4.73. The van der Waals surface area contributed by atoms with Crippen LogP contribution in [0.4, 0.5) is 0 Å². The summed E-state index contributed by atoms with van der Waals surface area (Å²) in [6.45, 7) is 0. The highest BCUT2D eigenvalue weighted by Crippen LogP contribution is 2.42. The summed E-state index contributed by atoms with van der Waals surface area (Å²) in [5.74, 6) is 0.723. The Morgan fingerprint density at radius 2 is 1.62 bits per heavy atom. The monoisotopic (exact) mass is 318 g/mol. The predicted molar refractivity (Wildman–Crippen MR) is 93.3 cm³/mol. The van der Waals surface area contributed by atoms with Crippen LogP contribution < -0.4 is 5.63 Å². The first-order valence-electron chi connectivity index (χ1n) is 8.25. The summed E-state index contributed by atoms with van der Waals surface area (Å²) in [5, 5.41) is 10.8. The third kappa shape index (κ3) is 2.42. The molecular formula is C21H18O3. The first-order chi connectivity index (χ1) is 11.8. The second-order valence-electron chi connectivity index (χ2n) is 6.18. The summed E-state index contributed by atoms with van der Waals surface area (Å²) in [5.41, 5.74) is 2.37. The van der Waals surface area contributed by atoms with Crippen molar-refractivity contribution in [2.45, 2.75) is 25.2 Å². The van der Waals surface area contributed by atoms with Crippen molar-refractivity contribution in [1.82, 2.24) is 0 Å². The van der Waals surface area contributed by atoms with Crippen LogP contribution in [0.1, 0.15) is 35.6 Å². The molecule has 0 saturated carbocycles. The number of fused-ring (bicyclic) bond motifs is 1. The number of rotatable bonds is 2. The van der Waals surface area contributed by atoms with E-state index in [1.54, 1.807) is 0 Å². The lowest BCUT2D eigenvalue weighted by Gasteiger charge is -2.25. The van der Waals surface area contributed by atoms with E-state index in [2.05, 4.69) is 0 Å². The van der Waals surface area contributed by atoms with E-state index in [4.69, 9.17) is 4.42 Å². The van der Waals surface area contributed by atoms with Crippen LogP contribution in [0.5, 0.6) is 5.75 Å². The van der Waals surface area contributed by atoms with Crippen molar-refractivity contribution in [3.8, 4) is 16.9 Å². The van der Waals surface area contributed by atoms with Gasteiger partial charge >= 0.3 is 5.63 Å². The van der Waals surface area contributed by atoms with E-state index in [1.807, 2.05) is 60.7 Å². The van der Waals surface area contributed by atoms with Gasteiger partial charge in [0.05, 0.1) is 0 Å². The van der Waals surface area contributed by atoms with Crippen LogP contribution in [0.2, 0.25) is 0 Å². The van der Waals surface area contributed by atoms with Crippen molar-refractivity contribution in [1.29, 1.82) is 0 Å². The summed E-state index contributed by atoms with van der Waals surface area (Å²) >= 11 is 0. The SMILES string of the molecule is O=c1oc2c(c(O)c1-c1ccccc1)CCCC2c1ccccc1. The molecule has 0 fully saturated rings. The maximum Gasteiger partial charge on any atom is 0.347 e. The zero-order valence-electron chi connectivity index (χ0n) is 13.2. The van der Waals surface area contributed by atoms with Gasteiger partial charge in [0, 0.05) is 11.5 Å². The standard InChI is InChI=1S/C21H18O3/c22-19-17-13-7-12-16(14-8-3-1-4-9-14)20(17)24-21(23)18(19)15-10-5-2-6-11-15/h1-6,8-11,16,22H,7,12-13H2. The molecule has 0 spiro atoms. The Labute approximate surface area is 140 Å². The van der Waals surface area contributed by atoms with Crippen LogP contribution >= 0.6 is 0 Å². The molecular weight excluding hydrogens is 300 g/mol. The first-order valence-corrected chi connectivity index (χ1v) is 8.25. The number of hydrogen-bond acceptors (Lipinski definition) is 3. The van der Waals surface area contributed by atoms with Crippen LogP contribution in [-0.4, -0.2) is 5.11 Å². The van der Waals surface area contributed by atoms with Gasteiger partial charge in [-0.1, -0.05) is 60.7 Å². The van der Waals surface area contributed by atoms with Gasteiger partial charge in [-0.05, 0) is 30.4 Å². The van der Waals surface area contributed by atoms with E-state index < -0.39 is 5.63 Å². The molecule has 24 heavy (non-hydrogen) atoms. The maximum absolute atomic E-state index is 12.6. The highest BCUT2D eigenvalue weighted by Gasteiger charge is 2.29. The van der Waals surface area contributed by atoms with Crippen molar-refractivity contribution in [2.75, 3.05) is 0 Å². The average Bonchev–Trinajstić information content (AvgIpc) is 2.63. The molecule has 1 aliphatic carbocycles. The van der Waals surface area contributed by atoms with E-state index in [0.29, 0.717) is 11.3 Å². The van der Waals surface area contributed by atoms with Gasteiger partial charge in [-0.2, -0.15) is 0 Å². The van der Waals surface area contributed by atoms with E-state index in [1.165, 1.54) is 0 Å². The van der Waals surface area contributed by atoms with Gasteiger partial charge in [-0.3, -0.25) is 0 Å². The Morgan fingerprint density at radius 3 is 2.33 bits per heavy atom. The molecule has 1 aromatic heterocycles. The molecule has 4 rings (SSSR count). The van der Waals surface area contributed by atoms with Crippen molar-refractivity contribution < 1.29 is 9.52 Å². The van der Waals surface area contributed by atoms with E-state index in [-0.39, 0.29) is 17.2 Å². The number of benzene rings is 2. The fourth-order valence-electron chi connectivity index (χ4n) is 3.58. The molecule has 0 saturated heterocycles. The van der Waals surface area contributed by atoms with Crippen LogP contribution in [0.15, 0.2) is 69.9 Å². The topological polar surface area (TPSA) is 50.4 Å². The van der Waals surface area contributed by atoms with Crippen LogP contribution in [-0.2, 0) is 6.42 Å². The van der Waals surface area contributed by atoms with Crippen LogP contribution in [0.3, 0.4) is 0 Å². The molecule has 1 unspecified atom stereocenters. The van der Waals surface area contributed by atoms with Gasteiger partial charge < -0.3 is 9.52 Å². The minimum absolute atomic E-state index is 0.0263. The Bertz CT molecular complexity index is 911. The molecule has 0 radical (unpaired) electrons. The lowest BCUT2D eigenvalue weighted by atomic mass is 9.82. The molecule has 3 nitrogen and oxygen atoms in total. The van der Waals surface area contributed by atoms with Gasteiger partial charge in [-0.25, -0.2) is 4.79 Å². The molecule has 1 heterocycles. The molecule has 0 aliphatic heterocycles. The van der Waals surface area contributed by atoms with E-state index in [9.17, 15) is 9.90 Å². The lowest BCUT2D eigenvalue weighted by Crippen LogP contribution is -2.17. The molecule has 1 atom stereocenters. The lowest BCUT2D eigenvalue weighted by molar-refractivity contribution is 0.378. The second-order valence-corrected chi connectivity index (χ2v) is 6.18. The number of aromatic hydroxyl groups is 1. The Hall–Kier alpha value is -2.81. The zero-order chi connectivity index (χ0) is 16.5. The van der Waals surface area contributed by atoms with Gasteiger partial charge in [0.2, 0.25) is 0 Å². The quantitative estimate of drug-likeness (QED) is 0.758. The first kappa shape index (κ1) is 14.8. The van der Waals surface area contributed by atoms with Gasteiger partial charge in [0.25, 0.3) is 0 Å². The van der Waals surface area contributed by atoms with Gasteiger partial charge in [-0.15, -0.1) is 0 Å². The van der Waals surface area contributed by atoms with E-state index >= 15 is 0 Å². The van der Waals surface area contributed by atoms with Gasteiger partial charge in [0.15, 0.2) is 0 Å². The minimum Gasteiger partial charge on any atom is -0.507 e. The second kappa shape index (κ2) is 6.00. The molecule has 1 aliphatic rings. The summed E-state index contributed by atoms with van der Waals surface area (Å²) in [6.07, 6.45) is 2.61. The fourth-order valence-corrected chi connectivity index (χ4v) is 3.58. The molecule has 3 aromatic rings. The largest absolute Gasteiger partial charge is 0.507 e. The van der Waals surface area contributed by atoms with Crippen LogP contribution in [0.25, 0.3) is 11.1 Å². The summed E-state index contributed by atoms with van der Waals surface area (Å²) < 4.78 is 5.72. The maximum atomic E-state index is 12.6. The van der Waals surface area contributed by atoms with Crippen molar-refractivity contribution >= 4 is 0 Å². The van der Waals surface area contributed by atoms with Gasteiger partial charge in [0.1, 0.15) is 17.1 Å². The molecule has 3 heteroatoms. The molecule has 0 amide bonds. The van der Waals surface area contributed by atoms with E-state index in [0.717, 1.165) is 30.4 Å². The molecule has 1 N–H and O–H groups in total. The fraction of sp³-hybridized carbons (Fsp3) is 0.190. The molecule has 120 valence electrons. The van der Waals surface area contributed by atoms with Crippen molar-refractivity contribution in [3.63, 3.8) is 0 Å². The molecule has 2 aromatic carbocycles.